The molecule has 1 atom stereocenters. The van der Waals surface area contributed by atoms with Crippen molar-refractivity contribution in [2.45, 2.75) is 23.0 Å². The second-order valence-electron chi connectivity index (χ2n) is 4.83. The molecule has 0 bridgehead atoms. The van der Waals surface area contributed by atoms with Crippen LogP contribution in [0, 0.1) is 5.82 Å². The minimum Gasteiger partial charge on any atom is -0.333 e. The minimum absolute atomic E-state index is 0.0765. The van der Waals surface area contributed by atoms with Crippen molar-refractivity contribution in [3.63, 3.8) is 0 Å². The van der Waals surface area contributed by atoms with Crippen molar-refractivity contribution in [2.75, 3.05) is 7.05 Å². The summed E-state index contributed by atoms with van der Waals surface area (Å²) in [5.74, 6) is -0.222. The SMILES string of the molecule is CNC(C)c1cccc(F)c1Sc1nc2ccccc2[nH]1. The number of para-hydroxylation sites is 2. The molecule has 0 saturated carbocycles. The number of aromatic nitrogens is 2. The Bertz CT molecular complexity index is 736. The molecule has 3 rings (SSSR count). The first kappa shape index (κ1) is 14.1. The number of imidazole rings is 1. The number of hydrogen-bond acceptors (Lipinski definition) is 3. The number of nitrogens with zero attached hydrogens (tertiary/aromatic N) is 1. The van der Waals surface area contributed by atoms with Crippen LogP contribution in [0.1, 0.15) is 18.5 Å². The lowest BCUT2D eigenvalue weighted by Gasteiger charge is -2.15. The third-order valence-corrected chi connectivity index (χ3v) is 4.48. The first-order valence-corrected chi connectivity index (χ1v) is 7.59. The molecule has 108 valence electrons. The van der Waals surface area contributed by atoms with Crippen LogP contribution in [0.3, 0.4) is 0 Å². The van der Waals surface area contributed by atoms with Crippen molar-refractivity contribution in [1.29, 1.82) is 0 Å². The van der Waals surface area contributed by atoms with E-state index in [0.29, 0.717) is 10.1 Å². The van der Waals surface area contributed by atoms with Crippen molar-refractivity contribution in [1.82, 2.24) is 15.3 Å². The molecule has 0 aliphatic carbocycles. The summed E-state index contributed by atoms with van der Waals surface area (Å²) >= 11 is 1.33. The number of hydrogen-bond donors (Lipinski definition) is 2. The van der Waals surface area contributed by atoms with Gasteiger partial charge in [-0.05, 0) is 49.5 Å². The highest BCUT2D eigenvalue weighted by Crippen LogP contribution is 2.34. The Kier molecular flexibility index (Phi) is 3.94. The third-order valence-electron chi connectivity index (χ3n) is 3.46. The van der Waals surface area contributed by atoms with Crippen LogP contribution in [0.4, 0.5) is 4.39 Å². The third kappa shape index (κ3) is 2.80. The van der Waals surface area contributed by atoms with Gasteiger partial charge in [0.15, 0.2) is 5.16 Å². The van der Waals surface area contributed by atoms with Gasteiger partial charge in [-0.15, -0.1) is 0 Å². The van der Waals surface area contributed by atoms with Crippen LogP contribution in [0.25, 0.3) is 11.0 Å². The van der Waals surface area contributed by atoms with Gasteiger partial charge in [0.05, 0.1) is 15.9 Å². The predicted molar refractivity (Wildman–Crippen MR) is 84.1 cm³/mol. The predicted octanol–water partition coefficient (Wildman–Crippen LogP) is 4.13. The molecule has 3 nitrogen and oxygen atoms in total. The quantitative estimate of drug-likeness (QED) is 0.761. The van der Waals surface area contributed by atoms with E-state index >= 15 is 0 Å². The summed E-state index contributed by atoms with van der Waals surface area (Å²) in [6.45, 7) is 2.01. The van der Waals surface area contributed by atoms with Gasteiger partial charge in [0, 0.05) is 6.04 Å². The molecule has 0 amide bonds. The molecule has 1 unspecified atom stereocenters. The van der Waals surface area contributed by atoms with Gasteiger partial charge in [0.2, 0.25) is 0 Å². The Labute approximate surface area is 127 Å². The number of fused-ring (bicyclic) bond motifs is 1. The van der Waals surface area contributed by atoms with Crippen molar-refractivity contribution < 1.29 is 4.39 Å². The van der Waals surface area contributed by atoms with Crippen LogP contribution in [-0.4, -0.2) is 17.0 Å². The zero-order valence-corrected chi connectivity index (χ0v) is 12.7. The molecule has 0 radical (unpaired) electrons. The van der Waals surface area contributed by atoms with E-state index in [1.165, 1.54) is 17.8 Å². The fraction of sp³-hybridized carbons (Fsp3) is 0.188. The molecule has 0 aliphatic heterocycles. The van der Waals surface area contributed by atoms with Crippen LogP contribution in [0.15, 0.2) is 52.5 Å². The maximum absolute atomic E-state index is 14.2. The highest BCUT2D eigenvalue weighted by atomic mass is 32.2. The number of H-pyrrole nitrogens is 1. The lowest BCUT2D eigenvalue weighted by molar-refractivity contribution is 0.575. The Morgan fingerprint density at radius 3 is 2.76 bits per heavy atom. The summed E-state index contributed by atoms with van der Waals surface area (Å²) in [7, 11) is 1.87. The fourth-order valence-corrected chi connectivity index (χ4v) is 3.23. The van der Waals surface area contributed by atoms with Crippen LogP contribution in [-0.2, 0) is 0 Å². The van der Waals surface area contributed by atoms with Crippen molar-refractivity contribution >= 4 is 22.8 Å². The van der Waals surface area contributed by atoms with E-state index in [-0.39, 0.29) is 11.9 Å². The molecule has 21 heavy (non-hydrogen) atoms. The second-order valence-corrected chi connectivity index (χ2v) is 5.83. The minimum atomic E-state index is -0.222. The normalized spacial score (nSPS) is 12.7. The van der Waals surface area contributed by atoms with Crippen LogP contribution < -0.4 is 5.32 Å². The first-order chi connectivity index (χ1) is 10.2. The lowest BCUT2D eigenvalue weighted by Crippen LogP contribution is -2.13. The second kappa shape index (κ2) is 5.87. The molecule has 0 aliphatic rings. The standard InChI is InChI=1S/C16H16FN3S/c1-10(18-2)11-6-5-7-12(17)15(11)21-16-19-13-8-3-4-9-14(13)20-16/h3-10,18H,1-2H3,(H,19,20). The van der Waals surface area contributed by atoms with Gasteiger partial charge in [0.25, 0.3) is 0 Å². The number of rotatable bonds is 4. The summed E-state index contributed by atoms with van der Waals surface area (Å²) in [6.07, 6.45) is 0. The summed E-state index contributed by atoms with van der Waals surface area (Å²) in [5, 5.41) is 3.85. The van der Waals surface area contributed by atoms with E-state index in [2.05, 4.69) is 15.3 Å². The lowest BCUT2D eigenvalue weighted by atomic mass is 10.1. The van der Waals surface area contributed by atoms with Gasteiger partial charge in [-0.3, -0.25) is 0 Å². The Balaban J connectivity index is 2.00. The van der Waals surface area contributed by atoms with Gasteiger partial charge in [-0.25, -0.2) is 9.37 Å². The summed E-state index contributed by atoms with van der Waals surface area (Å²) in [5.41, 5.74) is 2.78. The molecular weight excluding hydrogens is 285 g/mol. The van der Waals surface area contributed by atoms with E-state index in [1.54, 1.807) is 6.07 Å². The monoisotopic (exact) mass is 301 g/mol. The molecule has 1 aromatic heterocycles. The largest absolute Gasteiger partial charge is 0.333 e. The average Bonchev–Trinajstić information content (AvgIpc) is 2.91. The number of benzene rings is 2. The van der Waals surface area contributed by atoms with Crippen molar-refractivity contribution in [3.05, 3.63) is 53.8 Å². The maximum Gasteiger partial charge on any atom is 0.171 e. The van der Waals surface area contributed by atoms with Gasteiger partial charge >= 0.3 is 0 Å². The maximum atomic E-state index is 14.2. The molecule has 0 spiro atoms. The average molecular weight is 301 g/mol. The summed E-state index contributed by atoms with van der Waals surface area (Å²) in [6, 6.07) is 13.0. The van der Waals surface area contributed by atoms with Crippen LogP contribution in [0.5, 0.6) is 0 Å². The zero-order valence-electron chi connectivity index (χ0n) is 11.9. The summed E-state index contributed by atoms with van der Waals surface area (Å²) < 4.78 is 14.2. The molecule has 2 N–H and O–H groups in total. The van der Waals surface area contributed by atoms with E-state index < -0.39 is 0 Å². The van der Waals surface area contributed by atoms with Gasteiger partial charge in [0.1, 0.15) is 5.82 Å². The van der Waals surface area contributed by atoms with E-state index in [9.17, 15) is 4.39 Å². The Morgan fingerprint density at radius 1 is 1.19 bits per heavy atom. The van der Waals surface area contributed by atoms with Gasteiger partial charge in [-0.1, -0.05) is 24.3 Å². The topological polar surface area (TPSA) is 40.7 Å². The van der Waals surface area contributed by atoms with Gasteiger partial charge in [-0.2, -0.15) is 0 Å². The highest BCUT2D eigenvalue weighted by Gasteiger charge is 2.16. The molecular formula is C16H16FN3S. The van der Waals surface area contributed by atoms with E-state index in [0.717, 1.165) is 16.6 Å². The zero-order chi connectivity index (χ0) is 14.8. The molecule has 0 fully saturated rings. The number of aromatic amines is 1. The van der Waals surface area contributed by atoms with Gasteiger partial charge < -0.3 is 10.3 Å². The van der Waals surface area contributed by atoms with E-state index in [4.69, 9.17) is 0 Å². The van der Waals surface area contributed by atoms with E-state index in [1.807, 2.05) is 44.3 Å². The van der Waals surface area contributed by atoms with Crippen LogP contribution in [0.2, 0.25) is 0 Å². The van der Waals surface area contributed by atoms with Crippen LogP contribution >= 0.6 is 11.8 Å². The number of nitrogens with one attached hydrogen (secondary N) is 2. The highest BCUT2D eigenvalue weighted by molar-refractivity contribution is 7.99. The molecule has 3 aromatic rings. The molecule has 2 aromatic carbocycles. The smallest absolute Gasteiger partial charge is 0.171 e. The summed E-state index contributed by atoms with van der Waals surface area (Å²) in [4.78, 5) is 8.33. The van der Waals surface area contributed by atoms with Crippen molar-refractivity contribution in [2.24, 2.45) is 0 Å². The molecule has 1 heterocycles. The Morgan fingerprint density at radius 2 is 2.00 bits per heavy atom. The fourth-order valence-electron chi connectivity index (χ4n) is 2.20. The van der Waals surface area contributed by atoms with Crippen molar-refractivity contribution in [3.8, 4) is 0 Å². The molecule has 0 saturated heterocycles. The number of halogens is 1. The first-order valence-electron chi connectivity index (χ1n) is 6.77. The Hall–Kier alpha value is -1.85. The molecule has 5 heteroatoms.